The lowest BCUT2D eigenvalue weighted by atomic mass is 10.2. The fourth-order valence-corrected chi connectivity index (χ4v) is 0.918. The van der Waals surface area contributed by atoms with Crippen LogP contribution in [-0.4, -0.2) is 29.1 Å². The molecule has 0 aromatic rings. The van der Waals surface area contributed by atoms with E-state index in [0.29, 0.717) is 0 Å². The fourth-order valence-electron chi connectivity index (χ4n) is 0.918. The maximum atomic E-state index is 5.47. The van der Waals surface area contributed by atoms with Crippen molar-refractivity contribution in [1.29, 1.82) is 0 Å². The monoisotopic (exact) mass is 136 g/mol. The molecule has 58 valence electrons. The standard InChI is InChI=1S/C5H12N2.2H2O/c6-7-4-2-1-3-5-7;;/h1-6H2;2*1H2. The summed E-state index contributed by atoms with van der Waals surface area (Å²) in [7, 11) is 0. The number of rotatable bonds is 0. The number of nitrogens with zero attached hydrogens (tertiary/aromatic N) is 1. The lowest BCUT2D eigenvalue weighted by molar-refractivity contribution is 0.235. The minimum atomic E-state index is 0. The van der Waals surface area contributed by atoms with E-state index in [9.17, 15) is 0 Å². The second-order valence-electron chi connectivity index (χ2n) is 2.10. The van der Waals surface area contributed by atoms with Crippen LogP contribution >= 0.6 is 0 Å². The second-order valence-corrected chi connectivity index (χ2v) is 2.10. The van der Waals surface area contributed by atoms with Gasteiger partial charge in [-0.1, -0.05) is 6.42 Å². The predicted octanol–water partition coefficient (Wildman–Crippen LogP) is -1.30. The summed E-state index contributed by atoms with van der Waals surface area (Å²) in [5.74, 6) is 5.47. The predicted molar refractivity (Wildman–Crippen MR) is 36.8 cm³/mol. The molecule has 4 nitrogen and oxygen atoms in total. The number of hydrogen-bond donors (Lipinski definition) is 1. The zero-order chi connectivity index (χ0) is 5.11. The zero-order valence-corrected chi connectivity index (χ0v) is 5.56. The van der Waals surface area contributed by atoms with Gasteiger partial charge in [-0.25, -0.2) is 5.01 Å². The van der Waals surface area contributed by atoms with Crippen molar-refractivity contribution in [3.05, 3.63) is 0 Å². The molecule has 0 saturated carbocycles. The van der Waals surface area contributed by atoms with Crippen LogP contribution in [0.15, 0.2) is 0 Å². The molecule has 1 saturated heterocycles. The molecule has 1 rings (SSSR count). The van der Waals surface area contributed by atoms with E-state index in [1.54, 1.807) is 0 Å². The van der Waals surface area contributed by atoms with E-state index in [2.05, 4.69) is 0 Å². The third-order valence-electron chi connectivity index (χ3n) is 1.39. The fraction of sp³-hybridized carbons (Fsp3) is 1.00. The van der Waals surface area contributed by atoms with E-state index < -0.39 is 0 Å². The first-order valence-corrected chi connectivity index (χ1v) is 2.89. The minimum Gasteiger partial charge on any atom is -0.412 e. The van der Waals surface area contributed by atoms with Gasteiger partial charge in [-0.05, 0) is 12.8 Å². The van der Waals surface area contributed by atoms with Gasteiger partial charge < -0.3 is 11.0 Å². The first-order valence-electron chi connectivity index (χ1n) is 2.89. The maximum Gasteiger partial charge on any atom is 0.0128 e. The van der Waals surface area contributed by atoms with Gasteiger partial charge in [-0.3, -0.25) is 5.84 Å². The Balaban J connectivity index is 0. The van der Waals surface area contributed by atoms with Crippen LogP contribution in [0, 0.1) is 0 Å². The quantitative estimate of drug-likeness (QED) is 0.419. The minimum absolute atomic E-state index is 0. The average molecular weight is 136 g/mol. The summed E-state index contributed by atoms with van der Waals surface area (Å²) in [6.07, 6.45) is 3.95. The first kappa shape index (κ1) is 11.6. The summed E-state index contributed by atoms with van der Waals surface area (Å²) >= 11 is 0. The largest absolute Gasteiger partial charge is 0.412 e. The Bertz CT molecular complexity index is 54.9. The number of nitrogens with two attached hydrogens (primary N) is 1. The van der Waals surface area contributed by atoms with E-state index in [0.717, 1.165) is 13.1 Å². The maximum absolute atomic E-state index is 5.47. The van der Waals surface area contributed by atoms with E-state index >= 15 is 0 Å². The van der Waals surface area contributed by atoms with Crippen molar-refractivity contribution in [1.82, 2.24) is 5.01 Å². The third kappa shape index (κ3) is 4.35. The van der Waals surface area contributed by atoms with Crippen LogP contribution in [0.25, 0.3) is 0 Å². The Kier molecular flexibility index (Phi) is 7.70. The summed E-state index contributed by atoms with van der Waals surface area (Å²) in [5, 5.41) is 1.89. The van der Waals surface area contributed by atoms with Crippen LogP contribution in [0.5, 0.6) is 0 Å². The second kappa shape index (κ2) is 5.97. The Morgan fingerprint density at radius 2 is 1.33 bits per heavy atom. The normalized spacial score (nSPS) is 19.7. The van der Waals surface area contributed by atoms with Crippen LogP contribution in [0.2, 0.25) is 0 Å². The Hall–Kier alpha value is -0.160. The lowest BCUT2D eigenvalue weighted by Gasteiger charge is -2.20. The first-order chi connectivity index (χ1) is 3.39. The van der Waals surface area contributed by atoms with E-state index in [4.69, 9.17) is 5.84 Å². The number of hydrazine groups is 1. The average Bonchev–Trinajstić information content (AvgIpc) is 1.69. The highest BCUT2D eigenvalue weighted by Gasteiger charge is 2.02. The van der Waals surface area contributed by atoms with Crippen molar-refractivity contribution in [2.75, 3.05) is 13.1 Å². The molecule has 0 bridgehead atoms. The molecule has 0 amide bonds. The topological polar surface area (TPSA) is 92.3 Å². The van der Waals surface area contributed by atoms with Gasteiger partial charge in [-0.15, -0.1) is 0 Å². The molecule has 9 heavy (non-hydrogen) atoms. The molecule has 0 aliphatic carbocycles. The van der Waals surface area contributed by atoms with E-state index in [-0.39, 0.29) is 11.0 Å². The number of piperidine rings is 1. The van der Waals surface area contributed by atoms with Gasteiger partial charge >= 0.3 is 0 Å². The molecule has 4 heteroatoms. The van der Waals surface area contributed by atoms with Crippen LogP contribution in [-0.2, 0) is 0 Å². The van der Waals surface area contributed by atoms with Crippen molar-refractivity contribution in [3.8, 4) is 0 Å². The summed E-state index contributed by atoms with van der Waals surface area (Å²) < 4.78 is 0. The molecule has 1 aliphatic heterocycles. The lowest BCUT2D eigenvalue weighted by Crippen LogP contribution is -2.35. The van der Waals surface area contributed by atoms with Gasteiger partial charge in [0.15, 0.2) is 0 Å². The summed E-state index contributed by atoms with van der Waals surface area (Å²) in [6.45, 7) is 2.19. The highest BCUT2D eigenvalue weighted by Crippen LogP contribution is 2.03. The van der Waals surface area contributed by atoms with Gasteiger partial charge in [0, 0.05) is 13.1 Å². The molecule has 6 N–H and O–H groups in total. The van der Waals surface area contributed by atoms with Gasteiger partial charge in [0.1, 0.15) is 0 Å². The third-order valence-corrected chi connectivity index (χ3v) is 1.39. The van der Waals surface area contributed by atoms with Crippen molar-refractivity contribution in [2.45, 2.75) is 19.3 Å². The molecule has 0 aromatic heterocycles. The van der Waals surface area contributed by atoms with Crippen LogP contribution < -0.4 is 5.84 Å². The molecule has 0 spiro atoms. The van der Waals surface area contributed by atoms with Gasteiger partial charge in [0.05, 0.1) is 0 Å². The molecule has 1 aliphatic rings. The highest BCUT2D eigenvalue weighted by atomic mass is 16.0. The summed E-state index contributed by atoms with van der Waals surface area (Å²) in [6, 6.07) is 0. The van der Waals surface area contributed by atoms with Crippen LogP contribution in [0.3, 0.4) is 0 Å². The summed E-state index contributed by atoms with van der Waals surface area (Å²) in [4.78, 5) is 0. The van der Waals surface area contributed by atoms with Crippen molar-refractivity contribution >= 4 is 0 Å². The van der Waals surface area contributed by atoms with Gasteiger partial charge in [-0.2, -0.15) is 0 Å². The molecular weight excluding hydrogens is 120 g/mol. The Morgan fingerprint density at radius 1 is 0.889 bits per heavy atom. The van der Waals surface area contributed by atoms with Gasteiger partial charge in [0.25, 0.3) is 0 Å². The van der Waals surface area contributed by atoms with Crippen LogP contribution in [0.4, 0.5) is 0 Å². The SMILES string of the molecule is NN1CCCCC1.O.O. The van der Waals surface area contributed by atoms with Crippen molar-refractivity contribution in [3.63, 3.8) is 0 Å². The molecular formula is C5H16N2O2. The van der Waals surface area contributed by atoms with E-state index in [1.807, 2.05) is 5.01 Å². The smallest absolute Gasteiger partial charge is 0.0128 e. The highest BCUT2D eigenvalue weighted by molar-refractivity contribution is 4.56. The Labute approximate surface area is 55.2 Å². The molecule has 0 atom stereocenters. The van der Waals surface area contributed by atoms with E-state index in [1.165, 1.54) is 19.3 Å². The molecule has 1 heterocycles. The number of hydrogen-bond acceptors (Lipinski definition) is 2. The molecule has 0 radical (unpaired) electrons. The zero-order valence-electron chi connectivity index (χ0n) is 5.56. The van der Waals surface area contributed by atoms with Gasteiger partial charge in [0.2, 0.25) is 0 Å². The van der Waals surface area contributed by atoms with Crippen molar-refractivity contribution < 1.29 is 11.0 Å². The summed E-state index contributed by atoms with van der Waals surface area (Å²) in [5.41, 5.74) is 0. The van der Waals surface area contributed by atoms with Crippen LogP contribution in [0.1, 0.15) is 19.3 Å². The molecule has 0 aromatic carbocycles. The Morgan fingerprint density at radius 3 is 1.56 bits per heavy atom. The molecule has 0 unspecified atom stereocenters. The molecule has 1 fully saturated rings. The van der Waals surface area contributed by atoms with Crippen molar-refractivity contribution in [2.24, 2.45) is 5.84 Å².